The van der Waals surface area contributed by atoms with Gasteiger partial charge in [0.15, 0.2) is 0 Å². The number of rotatable bonds is 8. The zero-order valence-electron chi connectivity index (χ0n) is 21.2. The molecule has 32 heavy (non-hydrogen) atoms. The van der Waals surface area contributed by atoms with Crippen LogP contribution in [0.25, 0.3) is 0 Å². The molecule has 0 aliphatic carbocycles. The molecule has 2 aliphatic rings. The molecule has 2 unspecified atom stereocenters. The fourth-order valence-electron chi connectivity index (χ4n) is 4.83. The lowest BCUT2D eigenvalue weighted by atomic mass is 10.2. The van der Waals surface area contributed by atoms with Crippen LogP contribution in [0, 0.1) is 0 Å². The molecule has 2 aliphatic heterocycles. The van der Waals surface area contributed by atoms with E-state index in [0.29, 0.717) is 13.1 Å². The summed E-state index contributed by atoms with van der Waals surface area (Å²) in [6.07, 6.45) is 2.17. The van der Waals surface area contributed by atoms with Crippen molar-refractivity contribution in [1.82, 2.24) is 29.4 Å². The summed E-state index contributed by atoms with van der Waals surface area (Å²) < 4.78 is 0. The van der Waals surface area contributed by atoms with Gasteiger partial charge in [-0.3, -0.25) is 19.4 Å². The number of hydrogen-bond donors (Lipinski definition) is 0. The standard InChI is InChI=1S/C24H48N6O2/c1-5-29(6-2)23(31)21-27-13-9-11-26-16-15-25(17-19-27)12-10-14-28(20-18-26)22-24(32)30(7-3)8-4/h5-22H2,1-4H3. The van der Waals surface area contributed by atoms with Gasteiger partial charge in [0.2, 0.25) is 11.8 Å². The smallest absolute Gasteiger partial charge is 0.236 e. The maximum absolute atomic E-state index is 12.6. The highest BCUT2D eigenvalue weighted by Crippen LogP contribution is 2.07. The first kappa shape index (κ1) is 27.0. The SMILES string of the molecule is CCN(CC)C(=O)CN1CCCN2CCN(CCCN(CC(=O)N(CC)CC)CC2)CC1. The minimum atomic E-state index is 0.255. The Bertz CT molecular complexity index is 505. The van der Waals surface area contributed by atoms with E-state index in [4.69, 9.17) is 0 Å². The van der Waals surface area contributed by atoms with Gasteiger partial charge in [0.25, 0.3) is 0 Å². The topological polar surface area (TPSA) is 53.6 Å². The quantitative estimate of drug-likeness (QED) is 0.542. The van der Waals surface area contributed by atoms with Gasteiger partial charge in [0.1, 0.15) is 0 Å². The second-order valence-corrected chi connectivity index (χ2v) is 9.07. The highest BCUT2D eigenvalue weighted by molar-refractivity contribution is 5.78. The van der Waals surface area contributed by atoms with Gasteiger partial charge in [-0.25, -0.2) is 0 Å². The van der Waals surface area contributed by atoms with Gasteiger partial charge in [-0.15, -0.1) is 0 Å². The monoisotopic (exact) mass is 452 g/mol. The van der Waals surface area contributed by atoms with Crippen LogP contribution in [-0.2, 0) is 9.59 Å². The van der Waals surface area contributed by atoms with Gasteiger partial charge >= 0.3 is 0 Å². The zero-order chi connectivity index (χ0) is 23.3. The molecule has 0 spiro atoms. The highest BCUT2D eigenvalue weighted by atomic mass is 16.2. The molecule has 2 amide bonds. The van der Waals surface area contributed by atoms with Crippen LogP contribution in [0.2, 0.25) is 0 Å². The summed E-state index contributed by atoms with van der Waals surface area (Å²) in [6.45, 7) is 22.6. The number of nitrogens with zero attached hydrogens (tertiary/aromatic N) is 6. The molecule has 0 aromatic carbocycles. The van der Waals surface area contributed by atoms with E-state index in [0.717, 1.165) is 104 Å². The summed E-state index contributed by atoms with van der Waals surface area (Å²) in [5.74, 6) is 0.509. The Balaban J connectivity index is 1.95. The van der Waals surface area contributed by atoms with Crippen molar-refractivity contribution in [2.45, 2.75) is 40.5 Å². The number of carbonyl (C=O) groups is 2. The Kier molecular flexibility index (Phi) is 12.5. The molecule has 2 saturated heterocycles. The Morgan fingerprint density at radius 2 is 0.875 bits per heavy atom. The number of hydrogen-bond acceptors (Lipinski definition) is 6. The summed E-state index contributed by atoms with van der Waals surface area (Å²) in [4.78, 5) is 39.0. The highest BCUT2D eigenvalue weighted by Gasteiger charge is 2.21. The van der Waals surface area contributed by atoms with Crippen LogP contribution in [0.15, 0.2) is 0 Å². The Morgan fingerprint density at radius 3 is 1.22 bits per heavy atom. The van der Waals surface area contributed by atoms with Crippen molar-refractivity contribution < 1.29 is 9.59 Å². The second kappa shape index (κ2) is 14.8. The predicted molar refractivity (Wildman–Crippen MR) is 131 cm³/mol. The normalized spacial score (nSPS) is 24.1. The minimum Gasteiger partial charge on any atom is -0.342 e. The first-order valence-electron chi connectivity index (χ1n) is 13.0. The van der Waals surface area contributed by atoms with Crippen LogP contribution in [0.1, 0.15) is 40.5 Å². The molecule has 186 valence electrons. The largest absolute Gasteiger partial charge is 0.342 e. The van der Waals surface area contributed by atoms with Gasteiger partial charge in [-0.05, 0) is 66.7 Å². The van der Waals surface area contributed by atoms with Crippen molar-refractivity contribution in [2.75, 3.05) is 105 Å². The Morgan fingerprint density at radius 1 is 0.531 bits per heavy atom. The number of carbonyl (C=O) groups excluding carboxylic acids is 2. The van der Waals surface area contributed by atoms with E-state index in [9.17, 15) is 9.59 Å². The van der Waals surface area contributed by atoms with Gasteiger partial charge < -0.3 is 19.6 Å². The van der Waals surface area contributed by atoms with Crippen LogP contribution < -0.4 is 0 Å². The lowest BCUT2D eigenvalue weighted by Gasteiger charge is -2.36. The van der Waals surface area contributed by atoms with E-state index in [1.807, 2.05) is 9.80 Å². The zero-order valence-corrected chi connectivity index (χ0v) is 21.2. The van der Waals surface area contributed by atoms with Gasteiger partial charge in [-0.1, -0.05) is 0 Å². The van der Waals surface area contributed by atoms with Gasteiger partial charge in [-0.2, -0.15) is 0 Å². The lowest BCUT2D eigenvalue weighted by molar-refractivity contribution is -0.133. The first-order chi connectivity index (χ1) is 15.5. The van der Waals surface area contributed by atoms with Gasteiger partial charge in [0.05, 0.1) is 13.1 Å². The summed E-state index contributed by atoms with van der Waals surface area (Å²) in [7, 11) is 0. The van der Waals surface area contributed by atoms with Crippen molar-refractivity contribution in [3.05, 3.63) is 0 Å². The molecule has 0 aromatic heterocycles. The molecule has 0 saturated carbocycles. The predicted octanol–water partition coefficient (Wildman–Crippen LogP) is 0.739. The fourth-order valence-corrected chi connectivity index (χ4v) is 4.83. The van der Waals surface area contributed by atoms with Gasteiger partial charge in [0, 0.05) is 65.4 Å². The minimum absolute atomic E-state index is 0.255. The van der Waals surface area contributed by atoms with E-state index in [1.54, 1.807) is 0 Å². The molecule has 2 atom stereocenters. The molecule has 2 bridgehead atoms. The molecule has 2 heterocycles. The molecule has 2 fully saturated rings. The van der Waals surface area contributed by atoms with Crippen molar-refractivity contribution in [2.24, 2.45) is 0 Å². The molecular formula is C24H48N6O2. The molecule has 0 N–H and O–H groups in total. The summed E-state index contributed by atoms with van der Waals surface area (Å²) in [5.41, 5.74) is 0. The molecule has 2 rings (SSSR count). The van der Waals surface area contributed by atoms with Crippen molar-refractivity contribution in [3.63, 3.8) is 0 Å². The van der Waals surface area contributed by atoms with Crippen molar-refractivity contribution in [3.8, 4) is 0 Å². The maximum Gasteiger partial charge on any atom is 0.236 e. The number of fused-ring (bicyclic) bond motifs is 3. The molecule has 8 nitrogen and oxygen atoms in total. The van der Waals surface area contributed by atoms with Crippen molar-refractivity contribution >= 4 is 11.8 Å². The van der Waals surface area contributed by atoms with E-state index >= 15 is 0 Å². The lowest BCUT2D eigenvalue weighted by Crippen LogP contribution is -2.49. The molecule has 0 radical (unpaired) electrons. The number of likely N-dealkylation sites (N-methyl/N-ethyl adjacent to an activating group) is 2. The van der Waals surface area contributed by atoms with E-state index in [1.165, 1.54) is 0 Å². The summed E-state index contributed by atoms with van der Waals surface area (Å²) in [5, 5.41) is 0. The van der Waals surface area contributed by atoms with Crippen molar-refractivity contribution in [1.29, 1.82) is 0 Å². The van der Waals surface area contributed by atoms with Crippen LogP contribution in [-0.4, -0.2) is 146 Å². The van der Waals surface area contributed by atoms with Crippen LogP contribution in [0.4, 0.5) is 0 Å². The van der Waals surface area contributed by atoms with Crippen LogP contribution >= 0.6 is 0 Å². The average Bonchev–Trinajstić information content (AvgIpc) is 2.79. The first-order valence-corrected chi connectivity index (χ1v) is 13.0. The third-order valence-corrected chi connectivity index (χ3v) is 7.04. The van der Waals surface area contributed by atoms with E-state index in [-0.39, 0.29) is 11.8 Å². The molecular weight excluding hydrogens is 404 g/mol. The molecule has 0 aromatic rings. The third-order valence-electron chi connectivity index (χ3n) is 7.04. The van der Waals surface area contributed by atoms with Crippen LogP contribution in [0.5, 0.6) is 0 Å². The number of amides is 2. The second-order valence-electron chi connectivity index (χ2n) is 9.07. The van der Waals surface area contributed by atoms with Crippen LogP contribution in [0.3, 0.4) is 0 Å². The third kappa shape index (κ3) is 8.96. The van der Waals surface area contributed by atoms with E-state index in [2.05, 4.69) is 47.3 Å². The average molecular weight is 453 g/mol. The Hall–Kier alpha value is -1.22. The Labute approximate surface area is 196 Å². The summed E-state index contributed by atoms with van der Waals surface area (Å²) in [6, 6.07) is 0. The molecule has 8 heteroatoms. The maximum atomic E-state index is 12.6. The van der Waals surface area contributed by atoms with E-state index < -0.39 is 0 Å². The fraction of sp³-hybridized carbons (Fsp3) is 0.917. The summed E-state index contributed by atoms with van der Waals surface area (Å²) >= 11 is 0.